The van der Waals surface area contributed by atoms with Gasteiger partial charge in [-0.1, -0.05) is 0 Å². The van der Waals surface area contributed by atoms with Gasteiger partial charge in [0.25, 0.3) is 5.78 Å². The van der Waals surface area contributed by atoms with Crippen LogP contribution in [0.15, 0.2) is 6.07 Å². The van der Waals surface area contributed by atoms with Crippen LogP contribution in [0.3, 0.4) is 0 Å². The lowest BCUT2D eigenvalue weighted by molar-refractivity contribution is -0.137. The van der Waals surface area contributed by atoms with E-state index in [-0.39, 0.29) is 6.61 Å². The molecule has 0 saturated heterocycles. The maximum Gasteiger partial charge on any atom is 0.379 e. The molecule has 0 fully saturated rings. The van der Waals surface area contributed by atoms with Gasteiger partial charge >= 0.3 is 5.97 Å². The number of esters is 1. The average Bonchev–Trinajstić information content (AvgIpc) is 2.29. The molecule has 0 unspecified atom stereocenters. The highest BCUT2D eigenvalue weighted by Gasteiger charge is 2.29. The SMILES string of the molecule is CCOC(=O)C(=O)c1c(F)cc(F)c(OC)c1O. The molecule has 1 aromatic carbocycles. The first-order valence-electron chi connectivity index (χ1n) is 4.90. The van der Waals surface area contributed by atoms with Crippen LogP contribution in [0.4, 0.5) is 8.78 Å². The molecule has 7 heteroatoms. The number of hydrogen-bond donors (Lipinski definition) is 1. The van der Waals surface area contributed by atoms with Crippen LogP contribution in [0.1, 0.15) is 17.3 Å². The van der Waals surface area contributed by atoms with Crippen LogP contribution in [0.2, 0.25) is 0 Å². The molecule has 1 rings (SSSR count). The number of benzene rings is 1. The van der Waals surface area contributed by atoms with Gasteiger partial charge in [-0.15, -0.1) is 0 Å². The van der Waals surface area contributed by atoms with Gasteiger partial charge in [-0.3, -0.25) is 4.79 Å². The Kier molecular flexibility index (Phi) is 4.19. The summed E-state index contributed by atoms with van der Waals surface area (Å²) in [4.78, 5) is 22.7. The fourth-order valence-electron chi connectivity index (χ4n) is 1.30. The van der Waals surface area contributed by atoms with Crippen molar-refractivity contribution in [2.24, 2.45) is 0 Å². The zero-order valence-electron chi connectivity index (χ0n) is 9.62. The minimum absolute atomic E-state index is 0.0920. The van der Waals surface area contributed by atoms with E-state index >= 15 is 0 Å². The number of carbonyl (C=O) groups excluding carboxylic acids is 2. The number of ether oxygens (including phenoxy) is 2. The summed E-state index contributed by atoms with van der Waals surface area (Å²) in [5, 5.41) is 9.50. The fourth-order valence-corrected chi connectivity index (χ4v) is 1.30. The molecule has 0 aliphatic carbocycles. The predicted octanol–water partition coefficient (Wildman–Crippen LogP) is 1.42. The second kappa shape index (κ2) is 5.44. The van der Waals surface area contributed by atoms with Crippen molar-refractivity contribution >= 4 is 11.8 Å². The maximum absolute atomic E-state index is 13.4. The lowest BCUT2D eigenvalue weighted by Crippen LogP contribution is -2.19. The summed E-state index contributed by atoms with van der Waals surface area (Å²) in [6, 6.07) is 0.338. The van der Waals surface area contributed by atoms with E-state index < -0.39 is 40.4 Å². The number of phenolic OH excluding ortho intramolecular Hbond substituents is 1. The van der Waals surface area contributed by atoms with Crippen LogP contribution in [0.5, 0.6) is 11.5 Å². The highest BCUT2D eigenvalue weighted by atomic mass is 19.1. The topological polar surface area (TPSA) is 72.8 Å². The number of phenols is 1. The Balaban J connectivity index is 3.32. The van der Waals surface area contributed by atoms with Gasteiger partial charge in [0.15, 0.2) is 17.3 Å². The number of hydrogen-bond acceptors (Lipinski definition) is 5. The summed E-state index contributed by atoms with van der Waals surface area (Å²) in [5.74, 6) is -7.11. The van der Waals surface area contributed by atoms with Crippen molar-refractivity contribution in [1.29, 1.82) is 0 Å². The summed E-state index contributed by atoms with van der Waals surface area (Å²) < 4.78 is 35.4. The van der Waals surface area contributed by atoms with Crippen LogP contribution in [-0.4, -0.2) is 30.6 Å². The van der Waals surface area contributed by atoms with Gasteiger partial charge in [-0.2, -0.15) is 0 Å². The second-order valence-electron chi connectivity index (χ2n) is 3.15. The van der Waals surface area contributed by atoms with Crippen LogP contribution in [0.25, 0.3) is 0 Å². The molecular formula is C11H10F2O5. The van der Waals surface area contributed by atoms with Crippen molar-refractivity contribution < 1.29 is 33.0 Å². The highest BCUT2D eigenvalue weighted by molar-refractivity contribution is 6.41. The van der Waals surface area contributed by atoms with Crippen LogP contribution in [-0.2, 0) is 9.53 Å². The zero-order valence-corrected chi connectivity index (χ0v) is 9.62. The molecule has 0 aliphatic rings. The molecule has 18 heavy (non-hydrogen) atoms. The Morgan fingerprint density at radius 2 is 1.94 bits per heavy atom. The van der Waals surface area contributed by atoms with Gasteiger partial charge < -0.3 is 14.6 Å². The van der Waals surface area contributed by atoms with Crippen molar-refractivity contribution in [3.8, 4) is 11.5 Å². The van der Waals surface area contributed by atoms with E-state index in [2.05, 4.69) is 9.47 Å². The summed E-state index contributed by atoms with van der Waals surface area (Å²) in [7, 11) is 1.02. The molecule has 0 radical (unpaired) electrons. The van der Waals surface area contributed by atoms with Gasteiger partial charge in [0, 0.05) is 6.07 Å². The molecule has 1 N–H and O–H groups in total. The van der Waals surface area contributed by atoms with Crippen molar-refractivity contribution in [3.05, 3.63) is 23.3 Å². The van der Waals surface area contributed by atoms with Crippen molar-refractivity contribution in [1.82, 2.24) is 0 Å². The third-order valence-corrected chi connectivity index (χ3v) is 2.05. The molecule has 0 aliphatic heterocycles. The molecule has 0 atom stereocenters. The Morgan fingerprint density at radius 1 is 1.33 bits per heavy atom. The largest absolute Gasteiger partial charge is 0.504 e. The Bertz CT molecular complexity index is 499. The van der Waals surface area contributed by atoms with Gasteiger partial charge in [0.05, 0.1) is 13.7 Å². The molecule has 0 aromatic heterocycles. The van der Waals surface area contributed by atoms with E-state index in [1.165, 1.54) is 6.92 Å². The minimum Gasteiger partial charge on any atom is -0.504 e. The van der Waals surface area contributed by atoms with Crippen molar-refractivity contribution in [2.75, 3.05) is 13.7 Å². The molecule has 1 aromatic rings. The molecule has 98 valence electrons. The van der Waals surface area contributed by atoms with Gasteiger partial charge in [0.1, 0.15) is 11.4 Å². The number of halogens is 2. The quantitative estimate of drug-likeness (QED) is 0.503. The number of rotatable bonds is 4. The number of ketones is 1. The maximum atomic E-state index is 13.4. The number of carbonyl (C=O) groups is 2. The van der Waals surface area contributed by atoms with E-state index in [4.69, 9.17) is 0 Å². The zero-order chi connectivity index (χ0) is 13.9. The monoisotopic (exact) mass is 260 g/mol. The van der Waals surface area contributed by atoms with Crippen LogP contribution in [0, 0.1) is 11.6 Å². The molecule has 0 heterocycles. The van der Waals surface area contributed by atoms with Crippen LogP contribution >= 0.6 is 0 Å². The molecule has 0 spiro atoms. The average molecular weight is 260 g/mol. The normalized spacial score (nSPS) is 10.0. The Labute approximate surface area is 101 Å². The van der Waals surface area contributed by atoms with E-state index in [0.29, 0.717) is 6.07 Å². The first-order valence-corrected chi connectivity index (χ1v) is 4.90. The third-order valence-electron chi connectivity index (χ3n) is 2.05. The van der Waals surface area contributed by atoms with E-state index in [9.17, 15) is 23.5 Å². The van der Waals surface area contributed by atoms with Gasteiger partial charge in [0.2, 0.25) is 0 Å². The number of aromatic hydroxyl groups is 1. The summed E-state index contributed by atoms with van der Waals surface area (Å²) >= 11 is 0. The molecule has 0 bridgehead atoms. The van der Waals surface area contributed by atoms with Gasteiger partial charge in [-0.05, 0) is 6.92 Å². The Hall–Kier alpha value is -2.18. The van der Waals surface area contributed by atoms with E-state index in [1.54, 1.807) is 0 Å². The second-order valence-corrected chi connectivity index (χ2v) is 3.15. The first kappa shape index (κ1) is 13.9. The molecule has 5 nitrogen and oxygen atoms in total. The molecule has 0 amide bonds. The minimum atomic E-state index is -1.41. The predicted molar refractivity (Wildman–Crippen MR) is 55.5 cm³/mol. The highest BCUT2D eigenvalue weighted by Crippen LogP contribution is 2.34. The number of Topliss-reactive ketones (excluding diaryl/α,β-unsaturated/α-hetero) is 1. The molecule has 0 saturated carbocycles. The van der Waals surface area contributed by atoms with Crippen LogP contribution < -0.4 is 4.74 Å². The smallest absolute Gasteiger partial charge is 0.379 e. The summed E-state index contributed by atoms with van der Waals surface area (Å²) in [6.07, 6.45) is 0. The summed E-state index contributed by atoms with van der Waals surface area (Å²) in [5.41, 5.74) is -0.980. The van der Waals surface area contributed by atoms with Crippen molar-refractivity contribution in [2.45, 2.75) is 6.92 Å². The van der Waals surface area contributed by atoms with E-state index in [0.717, 1.165) is 7.11 Å². The third kappa shape index (κ3) is 2.39. The fraction of sp³-hybridized carbons (Fsp3) is 0.273. The van der Waals surface area contributed by atoms with E-state index in [1.807, 2.05) is 0 Å². The Morgan fingerprint density at radius 3 is 2.44 bits per heavy atom. The van der Waals surface area contributed by atoms with Crippen molar-refractivity contribution in [3.63, 3.8) is 0 Å². The van der Waals surface area contributed by atoms with Gasteiger partial charge in [-0.25, -0.2) is 13.6 Å². The standard InChI is InChI=1S/C11H10F2O5/c1-3-18-11(16)9(15)7-5(12)4-6(13)10(17-2)8(7)14/h4,14H,3H2,1-2H3. The number of methoxy groups -OCH3 is 1. The lowest BCUT2D eigenvalue weighted by Gasteiger charge is -2.09. The lowest BCUT2D eigenvalue weighted by atomic mass is 10.1. The first-order chi connectivity index (χ1) is 8.43. The molecular weight excluding hydrogens is 250 g/mol. The summed E-state index contributed by atoms with van der Waals surface area (Å²) in [6.45, 7) is 1.36.